The summed E-state index contributed by atoms with van der Waals surface area (Å²) in [6.45, 7) is 0. The van der Waals surface area contributed by atoms with Crippen LogP contribution in [-0.2, 0) is 4.79 Å². The van der Waals surface area contributed by atoms with Crippen molar-refractivity contribution in [3.8, 4) is 11.5 Å². The van der Waals surface area contributed by atoms with E-state index >= 15 is 0 Å². The third-order valence-corrected chi connectivity index (χ3v) is 3.61. The van der Waals surface area contributed by atoms with Crippen LogP contribution in [0, 0.1) is 0 Å². The number of rotatable bonds is 3. The molecule has 1 heterocycles. The molecule has 2 N–H and O–H groups in total. The molecule has 0 fully saturated rings. The predicted molar refractivity (Wildman–Crippen MR) is 87.3 cm³/mol. The van der Waals surface area contributed by atoms with E-state index in [4.69, 9.17) is 15.2 Å². The number of carbonyl (C=O) groups is 1. The van der Waals surface area contributed by atoms with Gasteiger partial charge in [-0.1, -0.05) is 12.1 Å². The lowest BCUT2D eigenvalue weighted by atomic mass is 10.1. The van der Waals surface area contributed by atoms with Crippen LogP contribution in [0.25, 0.3) is 0 Å². The topological polar surface area (TPSA) is 64.8 Å². The smallest absolute Gasteiger partial charge is 0.253 e. The maximum atomic E-state index is 12.5. The van der Waals surface area contributed by atoms with Crippen LogP contribution in [0.2, 0.25) is 0 Å². The Morgan fingerprint density at radius 2 is 1.73 bits per heavy atom. The van der Waals surface area contributed by atoms with Crippen molar-refractivity contribution in [1.82, 2.24) is 0 Å². The molecule has 2 aromatic carbocycles. The Kier molecular flexibility index (Phi) is 4.59. The third-order valence-electron chi connectivity index (χ3n) is 3.61. The zero-order valence-electron chi connectivity index (χ0n) is 12.3. The van der Waals surface area contributed by atoms with Crippen LogP contribution in [0.4, 0.5) is 11.4 Å². The highest BCUT2D eigenvalue weighted by molar-refractivity contribution is 6.10. The lowest BCUT2D eigenvalue weighted by molar-refractivity contribution is -0.118. The molecule has 1 aliphatic heterocycles. The second kappa shape index (κ2) is 6.25. The van der Waals surface area contributed by atoms with Crippen molar-refractivity contribution in [3.05, 3.63) is 48.0 Å². The van der Waals surface area contributed by atoms with Gasteiger partial charge in [0.05, 0.1) is 25.6 Å². The number of amides is 1. The molecular weight excluding hydrogens is 304 g/mol. The van der Waals surface area contributed by atoms with Gasteiger partial charge in [-0.05, 0) is 18.2 Å². The lowest BCUT2D eigenvalue weighted by Gasteiger charge is -2.18. The Morgan fingerprint density at radius 3 is 2.41 bits per heavy atom. The summed E-state index contributed by atoms with van der Waals surface area (Å²) in [6, 6.07) is 12.1. The highest BCUT2D eigenvalue weighted by atomic mass is 35.5. The number of ether oxygens (including phenoxy) is 2. The Bertz CT molecular complexity index is 706. The Labute approximate surface area is 135 Å². The molecule has 1 amide bonds. The summed E-state index contributed by atoms with van der Waals surface area (Å²) in [5.74, 6) is 1.21. The van der Waals surface area contributed by atoms with E-state index in [1.807, 2.05) is 30.3 Å². The first-order valence-electron chi connectivity index (χ1n) is 6.57. The molecule has 116 valence electrons. The van der Waals surface area contributed by atoms with Crippen LogP contribution < -0.4 is 20.1 Å². The fourth-order valence-corrected chi connectivity index (χ4v) is 2.51. The van der Waals surface area contributed by atoms with Crippen molar-refractivity contribution >= 4 is 29.7 Å². The fraction of sp³-hybridized carbons (Fsp3) is 0.188. The molecule has 6 heteroatoms. The van der Waals surface area contributed by atoms with E-state index in [1.165, 1.54) is 0 Å². The van der Waals surface area contributed by atoms with E-state index in [2.05, 4.69) is 0 Å². The standard InChI is InChI=1S/C16H16N2O3.ClH/c1-20-11-5-3-4-10(8-11)18-14-9-12(21-2)6-7-13(14)15(17)16(18)19;/h3-9,15H,17H2,1-2H3;1H. The minimum Gasteiger partial charge on any atom is -0.497 e. The highest BCUT2D eigenvalue weighted by Crippen LogP contribution is 2.42. The molecule has 0 aliphatic carbocycles. The molecule has 0 aromatic heterocycles. The SMILES string of the molecule is COc1cccc(N2C(=O)C(N)c3ccc(OC)cc32)c1.Cl. The molecule has 3 rings (SSSR count). The number of hydrogen-bond donors (Lipinski definition) is 1. The van der Waals surface area contributed by atoms with Crippen molar-refractivity contribution in [3.63, 3.8) is 0 Å². The first-order valence-corrected chi connectivity index (χ1v) is 6.57. The summed E-state index contributed by atoms with van der Waals surface area (Å²) in [5.41, 5.74) is 8.29. The van der Waals surface area contributed by atoms with E-state index in [9.17, 15) is 4.79 Å². The molecule has 22 heavy (non-hydrogen) atoms. The van der Waals surface area contributed by atoms with Crippen molar-refractivity contribution in [2.24, 2.45) is 5.73 Å². The van der Waals surface area contributed by atoms with Gasteiger partial charge in [-0.3, -0.25) is 9.69 Å². The Morgan fingerprint density at radius 1 is 1.05 bits per heavy atom. The van der Waals surface area contributed by atoms with Crippen molar-refractivity contribution < 1.29 is 14.3 Å². The summed E-state index contributed by atoms with van der Waals surface area (Å²) >= 11 is 0. The number of methoxy groups -OCH3 is 2. The molecule has 5 nitrogen and oxygen atoms in total. The average Bonchev–Trinajstić information content (AvgIpc) is 2.78. The second-order valence-electron chi connectivity index (χ2n) is 4.78. The average molecular weight is 321 g/mol. The van der Waals surface area contributed by atoms with Gasteiger partial charge in [-0.2, -0.15) is 0 Å². The largest absolute Gasteiger partial charge is 0.497 e. The van der Waals surface area contributed by atoms with E-state index in [0.29, 0.717) is 11.5 Å². The third kappa shape index (κ3) is 2.49. The summed E-state index contributed by atoms with van der Waals surface area (Å²) in [7, 11) is 3.18. The van der Waals surface area contributed by atoms with Crippen molar-refractivity contribution in [1.29, 1.82) is 0 Å². The molecule has 0 saturated heterocycles. The lowest BCUT2D eigenvalue weighted by Crippen LogP contribution is -2.27. The van der Waals surface area contributed by atoms with Crippen molar-refractivity contribution in [2.45, 2.75) is 6.04 Å². The van der Waals surface area contributed by atoms with Gasteiger partial charge in [0.1, 0.15) is 17.5 Å². The molecule has 0 bridgehead atoms. The molecule has 0 radical (unpaired) electrons. The van der Waals surface area contributed by atoms with E-state index < -0.39 is 6.04 Å². The van der Waals surface area contributed by atoms with E-state index in [1.54, 1.807) is 31.3 Å². The van der Waals surface area contributed by atoms with E-state index in [-0.39, 0.29) is 18.3 Å². The van der Waals surface area contributed by atoms with Gasteiger partial charge in [0.25, 0.3) is 5.91 Å². The number of anilines is 2. The monoisotopic (exact) mass is 320 g/mol. The quantitative estimate of drug-likeness (QED) is 0.944. The first-order chi connectivity index (χ1) is 10.2. The van der Waals surface area contributed by atoms with Crippen LogP contribution in [-0.4, -0.2) is 20.1 Å². The van der Waals surface area contributed by atoms with Gasteiger partial charge in [0, 0.05) is 17.7 Å². The molecule has 1 aliphatic rings. The van der Waals surface area contributed by atoms with Crippen LogP contribution in [0.1, 0.15) is 11.6 Å². The summed E-state index contributed by atoms with van der Waals surface area (Å²) in [4.78, 5) is 14.1. The maximum Gasteiger partial charge on any atom is 0.253 e. The second-order valence-corrected chi connectivity index (χ2v) is 4.78. The van der Waals surface area contributed by atoms with E-state index in [0.717, 1.165) is 16.9 Å². The van der Waals surface area contributed by atoms with Crippen LogP contribution in [0.15, 0.2) is 42.5 Å². The molecule has 1 unspecified atom stereocenters. The summed E-state index contributed by atoms with van der Waals surface area (Å²) in [5, 5.41) is 0. The molecule has 1 atom stereocenters. The summed E-state index contributed by atoms with van der Waals surface area (Å²) < 4.78 is 10.5. The van der Waals surface area contributed by atoms with Gasteiger partial charge in [0.15, 0.2) is 0 Å². The molecular formula is C16H17ClN2O3. The van der Waals surface area contributed by atoms with Crippen LogP contribution >= 0.6 is 12.4 Å². The van der Waals surface area contributed by atoms with Gasteiger partial charge >= 0.3 is 0 Å². The maximum absolute atomic E-state index is 12.5. The number of nitrogens with zero attached hydrogens (tertiary/aromatic N) is 1. The minimum atomic E-state index is -0.655. The first kappa shape index (κ1) is 16.1. The Balaban J connectivity index is 0.00000176. The zero-order chi connectivity index (χ0) is 15.0. The van der Waals surface area contributed by atoms with Gasteiger partial charge < -0.3 is 15.2 Å². The number of benzene rings is 2. The Hall–Kier alpha value is -2.24. The predicted octanol–water partition coefficient (Wildman–Crippen LogP) is 2.80. The number of nitrogens with two attached hydrogens (primary N) is 1. The molecule has 2 aromatic rings. The normalized spacial score (nSPS) is 16.0. The molecule has 0 spiro atoms. The van der Waals surface area contributed by atoms with Gasteiger partial charge in [-0.25, -0.2) is 0 Å². The number of carbonyl (C=O) groups excluding carboxylic acids is 1. The number of hydrogen-bond acceptors (Lipinski definition) is 4. The van der Waals surface area contributed by atoms with Crippen LogP contribution in [0.3, 0.4) is 0 Å². The van der Waals surface area contributed by atoms with Gasteiger partial charge in [0.2, 0.25) is 0 Å². The van der Waals surface area contributed by atoms with Gasteiger partial charge in [-0.15, -0.1) is 12.4 Å². The number of fused-ring (bicyclic) bond motifs is 1. The zero-order valence-corrected chi connectivity index (χ0v) is 13.1. The highest BCUT2D eigenvalue weighted by Gasteiger charge is 2.36. The molecule has 0 saturated carbocycles. The fourth-order valence-electron chi connectivity index (χ4n) is 2.51. The number of halogens is 1. The summed E-state index contributed by atoms with van der Waals surface area (Å²) in [6.07, 6.45) is 0. The minimum absolute atomic E-state index is 0. The van der Waals surface area contributed by atoms with Crippen molar-refractivity contribution in [2.75, 3.05) is 19.1 Å². The van der Waals surface area contributed by atoms with Crippen LogP contribution in [0.5, 0.6) is 11.5 Å².